The third-order valence-electron chi connectivity index (χ3n) is 3.60. The summed E-state index contributed by atoms with van der Waals surface area (Å²) in [6, 6.07) is 6.83. The van der Waals surface area contributed by atoms with Crippen LogP contribution >= 0.6 is 11.3 Å². The normalized spacial score (nSPS) is 26.5. The summed E-state index contributed by atoms with van der Waals surface area (Å²) in [5, 5.41) is 1.46. The minimum Gasteiger partial charge on any atom is -0.139 e. The van der Waals surface area contributed by atoms with Crippen molar-refractivity contribution in [3.8, 4) is 0 Å². The standard InChI is InChI=1S/C14H12S/c1-8-2-4-10-11-5-3-9-7-12(9)14(11)15-13(10)6-8/h2-6,9,12H,7H2,1H3. The lowest BCUT2D eigenvalue weighted by atomic mass is 10.0. The van der Waals surface area contributed by atoms with Crippen LogP contribution in [0.3, 0.4) is 0 Å². The van der Waals surface area contributed by atoms with Crippen molar-refractivity contribution in [2.75, 3.05) is 0 Å². The zero-order chi connectivity index (χ0) is 9.99. The van der Waals surface area contributed by atoms with Crippen LogP contribution in [-0.2, 0) is 0 Å². The molecule has 0 radical (unpaired) electrons. The van der Waals surface area contributed by atoms with E-state index in [1.165, 1.54) is 27.6 Å². The SMILES string of the molecule is Cc1ccc2c3c(sc2c1)C1CC1C=C3. The van der Waals surface area contributed by atoms with Crippen molar-refractivity contribution in [3.05, 3.63) is 40.3 Å². The van der Waals surface area contributed by atoms with Gasteiger partial charge in [0.15, 0.2) is 0 Å². The zero-order valence-electron chi connectivity index (χ0n) is 8.66. The lowest BCUT2D eigenvalue weighted by molar-refractivity contribution is 1.02. The van der Waals surface area contributed by atoms with Gasteiger partial charge in [0.05, 0.1) is 0 Å². The second-order valence-electron chi connectivity index (χ2n) is 4.74. The maximum absolute atomic E-state index is 2.40. The van der Waals surface area contributed by atoms with E-state index in [0.717, 1.165) is 11.8 Å². The Kier molecular flexibility index (Phi) is 1.37. The molecule has 1 heteroatoms. The minimum atomic E-state index is 0.864. The van der Waals surface area contributed by atoms with Gasteiger partial charge < -0.3 is 0 Å². The van der Waals surface area contributed by atoms with Crippen LogP contribution in [0.4, 0.5) is 0 Å². The average molecular weight is 212 g/mol. The number of hydrogen-bond donors (Lipinski definition) is 0. The molecule has 1 saturated carbocycles. The molecule has 0 aliphatic heterocycles. The Morgan fingerprint density at radius 2 is 2.27 bits per heavy atom. The number of fused-ring (bicyclic) bond motifs is 5. The van der Waals surface area contributed by atoms with Gasteiger partial charge in [-0.05, 0) is 41.8 Å². The molecule has 1 heterocycles. The summed E-state index contributed by atoms with van der Waals surface area (Å²) in [7, 11) is 0. The van der Waals surface area contributed by atoms with Crippen molar-refractivity contribution < 1.29 is 0 Å². The first-order valence-electron chi connectivity index (χ1n) is 5.54. The van der Waals surface area contributed by atoms with Gasteiger partial charge in [-0.1, -0.05) is 24.3 Å². The number of thiophene rings is 1. The third kappa shape index (κ3) is 1.02. The molecule has 0 bridgehead atoms. The highest BCUT2D eigenvalue weighted by atomic mass is 32.1. The van der Waals surface area contributed by atoms with Gasteiger partial charge in [0.1, 0.15) is 0 Å². The Hall–Kier alpha value is -1.08. The molecule has 0 nitrogen and oxygen atoms in total. The highest BCUT2D eigenvalue weighted by Gasteiger charge is 2.41. The Balaban J connectivity index is 2.10. The molecule has 15 heavy (non-hydrogen) atoms. The van der Waals surface area contributed by atoms with E-state index < -0.39 is 0 Å². The molecule has 0 amide bonds. The second kappa shape index (κ2) is 2.53. The first-order chi connectivity index (χ1) is 7.33. The Morgan fingerprint density at radius 1 is 1.33 bits per heavy atom. The molecule has 0 N–H and O–H groups in total. The molecule has 4 rings (SSSR count). The van der Waals surface area contributed by atoms with Gasteiger partial charge in [0.25, 0.3) is 0 Å². The zero-order valence-corrected chi connectivity index (χ0v) is 9.47. The predicted octanol–water partition coefficient (Wildman–Crippen LogP) is 4.34. The lowest BCUT2D eigenvalue weighted by Crippen LogP contribution is -1.85. The summed E-state index contributed by atoms with van der Waals surface area (Å²) in [5.41, 5.74) is 2.88. The summed E-state index contributed by atoms with van der Waals surface area (Å²) in [4.78, 5) is 1.64. The number of allylic oxidation sites excluding steroid dienone is 1. The molecule has 2 unspecified atom stereocenters. The van der Waals surface area contributed by atoms with E-state index in [2.05, 4.69) is 37.3 Å². The first-order valence-corrected chi connectivity index (χ1v) is 6.36. The molecule has 1 fully saturated rings. The van der Waals surface area contributed by atoms with Crippen LogP contribution in [0.1, 0.15) is 28.3 Å². The summed E-state index contributed by atoms with van der Waals surface area (Å²) in [5.74, 6) is 1.73. The predicted molar refractivity (Wildman–Crippen MR) is 66.4 cm³/mol. The molecular weight excluding hydrogens is 200 g/mol. The first kappa shape index (κ1) is 8.12. The van der Waals surface area contributed by atoms with E-state index in [9.17, 15) is 0 Å². The molecule has 1 aromatic carbocycles. The van der Waals surface area contributed by atoms with Gasteiger partial charge in [0, 0.05) is 15.5 Å². The van der Waals surface area contributed by atoms with Gasteiger partial charge in [-0.15, -0.1) is 11.3 Å². The molecule has 2 aliphatic rings. The number of benzene rings is 1. The average Bonchev–Trinajstić information content (AvgIpc) is 2.93. The number of hydrogen-bond acceptors (Lipinski definition) is 1. The van der Waals surface area contributed by atoms with Gasteiger partial charge in [0.2, 0.25) is 0 Å². The lowest BCUT2D eigenvalue weighted by Gasteiger charge is -2.02. The van der Waals surface area contributed by atoms with Gasteiger partial charge in [-0.2, -0.15) is 0 Å². The van der Waals surface area contributed by atoms with Crippen molar-refractivity contribution in [1.82, 2.24) is 0 Å². The van der Waals surface area contributed by atoms with E-state index in [-0.39, 0.29) is 0 Å². The summed E-state index contributed by atoms with van der Waals surface area (Å²) in [6.07, 6.45) is 6.13. The molecule has 74 valence electrons. The largest absolute Gasteiger partial charge is 0.139 e. The topological polar surface area (TPSA) is 0 Å². The Labute approximate surface area is 93.2 Å². The van der Waals surface area contributed by atoms with E-state index in [0.29, 0.717) is 0 Å². The smallest absolute Gasteiger partial charge is 0.0354 e. The maximum atomic E-state index is 2.40. The fourth-order valence-electron chi connectivity index (χ4n) is 2.64. The maximum Gasteiger partial charge on any atom is 0.0354 e. The van der Waals surface area contributed by atoms with Crippen molar-refractivity contribution in [1.29, 1.82) is 0 Å². The second-order valence-corrected chi connectivity index (χ2v) is 5.83. The van der Waals surface area contributed by atoms with Crippen LogP contribution in [-0.4, -0.2) is 0 Å². The van der Waals surface area contributed by atoms with Crippen LogP contribution in [0.2, 0.25) is 0 Å². The third-order valence-corrected chi connectivity index (χ3v) is 4.90. The molecule has 0 saturated heterocycles. The minimum absolute atomic E-state index is 0.864. The van der Waals surface area contributed by atoms with Gasteiger partial charge in [-0.25, -0.2) is 0 Å². The molecular formula is C14H12S. The number of rotatable bonds is 0. The van der Waals surface area contributed by atoms with Gasteiger partial charge >= 0.3 is 0 Å². The van der Waals surface area contributed by atoms with Crippen molar-refractivity contribution in [2.24, 2.45) is 5.92 Å². The van der Waals surface area contributed by atoms with Crippen LogP contribution < -0.4 is 0 Å². The van der Waals surface area contributed by atoms with E-state index >= 15 is 0 Å². The Bertz CT molecular complexity index is 589. The van der Waals surface area contributed by atoms with Crippen LogP contribution in [0.25, 0.3) is 16.2 Å². The van der Waals surface area contributed by atoms with Crippen molar-refractivity contribution >= 4 is 27.5 Å². The van der Waals surface area contributed by atoms with Crippen LogP contribution in [0, 0.1) is 12.8 Å². The van der Waals surface area contributed by atoms with E-state index in [1.807, 2.05) is 11.3 Å². The fraction of sp³-hybridized carbons (Fsp3) is 0.286. The Morgan fingerprint density at radius 3 is 3.20 bits per heavy atom. The van der Waals surface area contributed by atoms with Crippen LogP contribution in [0.5, 0.6) is 0 Å². The monoisotopic (exact) mass is 212 g/mol. The highest BCUT2D eigenvalue weighted by Crippen LogP contribution is 2.56. The highest BCUT2D eigenvalue weighted by molar-refractivity contribution is 7.19. The van der Waals surface area contributed by atoms with Crippen molar-refractivity contribution in [2.45, 2.75) is 19.3 Å². The van der Waals surface area contributed by atoms with E-state index in [4.69, 9.17) is 0 Å². The van der Waals surface area contributed by atoms with Gasteiger partial charge in [-0.3, -0.25) is 0 Å². The molecule has 0 spiro atoms. The molecule has 2 atom stereocenters. The number of aryl methyl sites for hydroxylation is 1. The summed E-state index contributed by atoms with van der Waals surface area (Å²) in [6.45, 7) is 2.17. The molecule has 1 aromatic heterocycles. The summed E-state index contributed by atoms with van der Waals surface area (Å²) >= 11 is 2.01. The quantitative estimate of drug-likeness (QED) is 0.609. The summed E-state index contributed by atoms with van der Waals surface area (Å²) < 4.78 is 1.47. The van der Waals surface area contributed by atoms with E-state index in [1.54, 1.807) is 4.88 Å². The molecule has 2 aliphatic carbocycles. The fourth-order valence-corrected chi connectivity index (χ4v) is 4.12. The molecule has 2 aromatic rings. The van der Waals surface area contributed by atoms with Crippen molar-refractivity contribution in [3.63, 3.8) is 0 Å². The van der Waals surface area contributed by atoms with Crippen LogP contribution in [0.15, 0.2) is 24.3 Å².